The Morgan fingerprint density at radius 1 is 1.33 bits per heavy atom. The highest BCUT2D eigenvalue weighted by atomic mass is 79.9. The number of fused-ring (bicyclic) bond motifs is 1. The smallest absolute Gasteiger partial charge is 0.173 e. The summed E-state index contributed by atoms with van der Waals surface area (Å²) in [6, 6.07) is 6.31. The molecular weight excluding hydrogens is 470 g/mol. The van der Waals surface area contributed by atoms with Crippen LogP contribution >= 0.6 is 15.9 Å². The first kappa shape index (κ1) is 21.0. The molecule has 1 aliphatic rings. The number of nitrogens with one attached hydrogen (secondary N) is 2. The summed E-state index contributed by atoms with van der Waals surface area (Å²) in [4.78, 5) is 8.88. The van der Waals surface area contributed by atoms with Crippen LogP contribution in [0, 0.1) is 0 Å². The number of hydrogen-bond acceptors (Lipinski definition) is 8. The second-order valence-corrected chi connectivity index (χ2v) is 9.08. The van der Waals surface area contributed by atoms with Gasteiger partial charge in [-0.05, 0) is 53.2 Å². The first-order valence-corrected chi connectivity index (χ1v) is 11.7. The van der Waals surface area contributed by atoms with E-state index in [1.54, 1.807) is 16.9 Å². The van der Waals surface area contributed by atoms with Crippen molar-refractivity contribution in [2.45, 2.75) is 44.3 Å². The van der Waals surface area contributed by atoms with Crippen LogP contribution in [0.15, 0.2) is 45.6 Å². The van der Waals surface area contributed by atoms with Crippen LogP contribution in [0.4, 0.5) is 11.6 Å². The lowest BCUT2D eigenvalue weighted by Gasteiger charge is -2.27. The summed E-state index contributed by atoms with van der Waals surface area (Å²) in [5, 5.41) is 11.4. The highest BCUT2D eigenvalue weighted by Gasteiger charge is 2.22. The summed E-state index contributed by atoms with van der Waals surface area (Å²) in [7, 11) is -0.473. The molecule has 160 valence electrons. The van der Waals surface area contributed by atoms with Gasteiger partial charge in [0, 0.05) is 31.0 Å². The molecule has 0 bridgehead atoms. The highest BCUT2D eigenvalue weighted by molar-refractivity contribution is 9.10. The standard InChI is InChI=1S/C19H24BrN7O2S/c1-29-30(28)26-15-6-4-14(5-7-15)24-17-9-18(22-11-13-3-2-8-21-10-13)27-19(25-17)16(20)12-23-27/h2-3,8-10,12,14-15,22,30H,4-7,11H2,1H3,(H,24,25)/t14-,15-. The van der Waals surface area contributed by atoms with Gasteiger partial charge in [-0.15, -0.1) is 0 Å². The molecule has 4 rings (SSSR count). The van der Waals surface area contributed by atoms with Gasteiger partial charge < -0.3 is 10.6 Å². The molecule has 1 aliphatic carbocycles. The average molecular weight is 494 g/mol. The normalized spacial score (nSPS) is 20.3. The third-order valence-corrected chi connectivity index (χ3v) is 6.47. The summed E-state index contributed by atoms with van der Waals surface area (Å²) in [6.07, 6.45) is 8.98. The molecule has 1 unspecified atom stereocenters. The summed E-state index contributed by atoms with van der Waals surface area (Å²) in [5.74, 6) is 1.64. The number of thiol groups is 1. The quantitative estimate of drug-likeness (QED) is 0.432. The predicted molar refractivity (Wildman–Crippen MR) is 121 cm³/mol. The van der Waals surface area contributed by atoms with Crippen molar-refractivity contribution in [1.29, 1.82) is 0 Å². The summed E-state index contributed by atoms with van der Waals surface area (Å²) in [5.41, 5.74) is 1.83. The SMILES string of the molecule is CO[SH](=O)=N[C@H]1CC[C@H](Nc2cc(NCc3cccnc3)n3ncc(Br)c3n2)CC1. The Kier molecular flexibility index (Phi) is 6.80. The molecule has 1 saturated carbocycles. The molecule has 0 aromatic carbocycles. The topological polar surface area (TPSA) is 106 Å². The molecule has 11 heteroatoms. The van der Waals surface area contributed by atoms with E-state index in [0.717, 1.165) is 53.0 Å². The fraction of sp³-hybridized carbons (Fsp3) is 0.421. The lowest BCUT2D eigenvalue weighted by molar-refractivity contribution is 0.403. The Hall–Kier alpha value is -2.24. The fourth-order valence-electron chi connectivity index (χ4n) is 3.56. The fourth-order valence-corrected chi connectivity index (χ4v) is 4.50. The zero-order valence-corrected chi connectivity index (χ0v) is 19.0. The minimum Gasteiger partial charge on any atom is -0.367 e. The minimum absolute atomic E-state index is 0.0998. The summed E-state index contributed by atoms with van der Waals surface area (Å²) < 4.78 is 23.1. The van der Waals surface area contributed by atoms with Crippen LogP contribution in [0.1, 0.15) is 31.2 Å². The number of pyridine rings is 1. The third kappa shape index (κ3) is 5.08. The van der Waals surface area contributed by atoms with Crippen LogP contribution in [0.25, 0.3) is 5.65 Å². The van der Waals surface area contributed by atoms with E-state index in [-0.39, 0.29) is 6.04 Å². The Bertz CT molecular complexity index is 1080. The average Bonchev–Trinajstić information content (AvgIpc) is 3.15. The Balaban J connectivity index is 1.48. The van der Waals surface area contributed by atoms with E-state index in [1.165, 1.54) is 7.11 Å². The molecule has 0 amide bonds. The van der Waals surface area contributed by atoms with Gasteiger partial charge in [0.2, 0.25) is 0 Å². The Morgan fingerprint density at radius 3 is 2.90 bits per heavy atom. The maximum atomic E-state index is 11.5. The Morgan fingerprint density at radius 2 is 2.17 bits per heavy atom. The van der Waals surface area contributed by atoms with Gasteiger partial charge in [-0.2, -0.15) is 9.61 Å². The molecule has 0 spiro atoms. The molecule has 3 aromatic rings. The van der Waals surface area contributed by atoms with Crippen LogP contribution in [0.3, 0.4) is 0 Å². The second kappa shape index (κ2) is 9.71. The zero-order valence-electron chi connectivity index (χ0n) is 16.5. The third-order valence-electron chi connectivity index (χ3n) is 5.09. The van der Waals surface area contributed by atoms with Crippen LogP contribution in [0.2, 0.25) is 0 Å². The van der Waals surface area contributed by atoms with E-state index in [2.05, 4.69) is 41.0 Å². The number of nitrogens with zero attached hydrogens (tertiary/aromatic N) is 5. The molecule has 1 atom stereocenters. The molecule has 2 N–H and O–H groups in total. The van der Waals surface area contributed by atoms with Crippen molar-refractivity contribution in [3.05, 3.63) is 46.8 Å². The Labute approximate surface area is 185 Å². The molecule has 30 heavy (non-hydrogen) atoms. The van der Waals surface area contributed by atoms with E-state index >= 15 is 0 Å². The van der Waals surface area contributed by atoms with Gasteiger partial charge in [0.25, 0.3) is 0 Å². The van der Waals surface area contributed by atoms with Gasteiger partial charge in [0.15, 0.2) is 16.5 Å². The van der Waals surface area contributed by atoms with Crippen molar-refractivity contribution in [3.8, 4) is 0 Å². The van der Waals surface area contributed by atoms with Gasteiger partial charge in [-0.1, -0.05) is 6.07 Å². The van der Waals surface area contributed by atoms with Gasteiger partial charge in [-0.25, -0.2) is 13.6 Å². The van der Waals surface area contributed by atoms with Crippen molar-refractivity contribution in [2.75, 3.05) is 17.7 Å². The summed E-state index contributed by atoms with van der Waals surface area (Å²) >= 11 is 3.53. The maximum absolute atomic E-state index is 11.5. The number of anilines is 2. The van der Waals surface area contributed by atoms with Crippen LogP contribution < -0.4 is 10.6 Å². The molecule has 3 heterocycles. The van der Waals surface area contributed by atoms with Crippen molar-refractivity contribution in [3.63, 3.8) is 0 Å². The predicted octanol–water partition coefficient (Wildman–Crippen LogP) is 3.45. The van der Waals surface area contributed by atoms with Gasteiger partial charge in [-0.3, -0.25) is 9.17 Å². The van der Waals surface area contributed by atoms with Gasteiger partial charge in [0.1, 0.15) is 11.6 Å². The molecule has 0 radical (unpaired) electrons. The second-order valence-electron chi connectivity index (χ2n) is 7.16. The number of rotatable bonds is 7. The molecule has 9 nitrogen and oxygen atoms in total. The largest absolute Gasteiger partial charge is 0.367 e. The monoisotopic (exact) mass is 493 g/mol. The number of halogens is 1. The van der Waals surface area contributed by atoms with E-state index in [1.807, 2.05) is 24.4 Å². The van der Waals surface area contributed by atoms with Crippen molar-refractivity contribution in [2.24, 2.45) is 4.36 Å². The van der Waals surface area contributed by atoms with Crippen molar-refractivity contribution in [1.82, 2.24) is 19.6 Å². The lowest BCUT2D eigenvalue weighted by Crippen LogP contribution is -2.28. The van der Waals surface area contributed by atoms with E-state index in [4.69, 9.17) is 9.17 Å². The molecule has 0 aliphatic heterocycles. The first-order valence-electron chi connectivity index (χ1n) is 9.78. The number of hydrogen-bond donors (Lipinski definition) is 3. The summed E-state index contributed by atoms with van der Waals surface area (Å²) in [6.45, 7) is 0.633. The van der Waals surface area contributed by atoms with Gasteiger partial charge in [0.05, 0.1) is 23.8 Å². The zero-order chi connectivity index (χ0) is 20.9. The lowest BCUT2D eigenvalue weighted by atomic mass is 9.92. The first-order chi connectivity index (χ1) is 14.6. The minimum atomic E-state index is -1.89. The van der Waals surface area contributed by atoms with Crippen LogP contribution in [-0.4, -0.2) is 43.0 Å². The van der Waals surface area contributed by atoms with E-state index in [0.29, 0.717) is 12.6 Å². The number of aromatic nitrogens is 4. The molecule has 0 saturated heterocycles. The van der Waals surface area contributed by atoms with E-state index in [9.17, 15) is 4.21 Å². The molecular formula is C19H24BrN7O2S. The van der Waals surface area contributed by atoms with Crippen molar-refractivity contribution >= 4 is 44.1 Å². The maximum Gasteiger partial charge on any atom is 0.173 e. The van der Waals surface area contributed by atoms with Crippen LogP contribution in [-0.2, 0) is 21.6 Å². The van der Waals surface area contributed by atoms with E-state index < -0.39 is 10.9 Å². The van der Waals surface area contributed by atoms with Gasteiger partial charge >= 0.3 is 0 Å². The molecule has 3 aromatic heterocycles. The highest BCUT2D eigenvalue weighted by Crippen LogP contribution is 2.27. The van der Waals surface area contributed by atoms with Crippen molar-refractivity contribution < 1.29 is 8.39 Å². The molecule has 1 fully saturated rings. The van der Waals surface area contributed by atoms with Crippen LogP contribution in [0.5, 0.6) is 0 Å².